The standard InChI is InChI=1S/C19H24N2O/c22-14-15(12-17-8-3-4-11-20-17)13-21-19-10-5-7-16-6-1-2-9-18(16)19/h1-4,6,8-9,11,15,19,21-22H,5,7,10,12-14H2. The molecule has 0 spiro atoms. The molecule has 1 aromatic carbocycles. The summed E-state index contributed by atoms with van der Waals surface area (Å²) in [6, 6.07) is 15.1. The molecule has 2 atom stereocenters. The maximum absolute atomic E-state index is 9.64. The van der Waals surface area contributed by atoms with Gasteiger partial charge in [0.2, 0.25) is 0 Å². The topological polar surface area (TPSA) is 45.1 Å². The van der Waals surface area contributed by atoms with Crippen LogP contribution < -0.4 is 5.32 Å². The van der Waals surface area contributed by atoms with Crippen molar-refractivity contribution in [3.63, 3.8) is 0 Å². The molecule has 3 rings (SSSR count). The second-order valence-corrected chi connectivity index (χ2v) is 6.13. The van der Waals surface area contributed by atoms with E-state index in [-0.39, 0.29) is 12.5 Å². The number of fused-ring (bicyclic) bond motifs is 1. The summed E-state index contributed by atoms with van der Waals surface area (Å²) in [5.74, 6) is 0.212. The lowest BCUT2D eigenvalue weighted by molar-refractivity contribution is 0.215. The highest BCUT2D eigenvalue weighted by atomic mass is 16.3. The van der Waals surface area contributed by atoms with Gasteiger partial charge in [0.15, 0.2) is 0 Å². The van der Waals surface area contributed by atoms with Crippen molar-refractivity contribution in [1.29, 1.82) is 0 Å². The first-order valence-corrected chi connectivity index (χ1v) is 8.19. The van der Waals surface area contributed by atoms with E-state index in [0.29, 0.717) is 6.04 Å². The molecule has 0 bridgehead atoms. The molecule has 0 aliphatic heterocycles. The Balaban J connectivity index is 1.59. The molecule has 1 aliphatic rings. The fraction of sp³-hybridized carbons (Fsp3) is 0.421. The van der Waals surface area contributed by atoms with Gasteiger partial charge in [-0.15, -0.1) is 0 Å². The van der Waals surface area contributed by atoms with E-state index in [2.05, 4.69) is 34.6 Å². The van der Waals surface area contributed by atoms with E-state index < -0.39 is 0 Å². The van der Waals surface area contributed by atoms with Crippen molar-refractivity contribution in [2.45, 2.75) is 31.7 Å². The molecule has 0 saturated carbocycles. The predicted molar refractivity (Wildman–Crippen MR) is 88.6 cm³/mol. The number of pyridine rings is 1. The number of aryl methyl sites for hydroxylation is 1. The Labute approximate surface area is 132 Å². The SMILES string of the molecule is OCC(CNC1CCCc2ccccc21)Cc1ccccn1. The van der Waals surface area contributed by atoms with Crippen LogP contribution in [0.4, 0.5) is 0 Å². The Morgan fingerprint density at radius 2 is 2.05 bits per heavy atom. The highest BCUT2D eigenvalue weighted by Crippen LogP contribution is 2.29. The monoisotopic (exact) mass is 296 g/mol. The van der Waals surface area contributed by atoms with Gasteiger partial charge in [-0.1, -0.05) is 30.3 Å². The first kappa shape index (κ1) is 15.2. The zero-order valence-corrected chi connectivity index (χ0v) is 12.9. The van der Waals surface area contributed by atoms with Crippen molar-refractivity contribution in [3.8, 4) is 0 Å². The Kier molecular flexibility index (Phi) is 5.20. The molecule has 22 heavy (non-hydrogen) atoms. The van der Waals surface area contributed by atoms with Gasteiger partial charge in [-0.05, 0) is 54.9 Å². The third kappa shape index (κ3) is 3.73. The number of hydrogen-bond acceptors (Lipinski definition) is 3. The third-order valence-corrected chi connectivity index (χ3v) is 4.50. The Bertz CT molecular complexity index is 585. The van der Waals surface area contributed by atoms with Gasteiger partial charge in [0, 0.05) is 31.1 Å². The second-order valence-electron chi connectivity index (χ2n) is 6.13. The number of benzene rings is 1. The van der Waals surface area contributed by atoms with Gasteiger partial charge in [-0.3, -0.25) is 4.98 Å². The molecular weight excluding hydrogens is 272 g/mol. The summed E-state index contributed by atoms with van der Waals surface area (Å²) in [5.41, 5.74) is 3.95. The van der Waals surface area contributed by atoms with E-state index in [1.165, 1.54) is 30.4 Å². The van der Waals surface area contributed by atoms with Gasteiger partial charge in [0.1, 0.15) is 0 Å². The van der Waals surface area contributed by atoms with Crippen LogP contribution in [0.2, 0.25) is 0 Å². The lowest BCUT2D eigenvalue weighted by Gasteiger charge is -2.28. The third-order valence-electron chi connectivity index (χ3n) is 4.50. The van der Waals surface area contributed by atoms with E-state index in [1.807, 2.05) is 24.4 Å². The van der Waals surface area contributed by atoms with Gasteiger partial charge in [-0.25, -0.2) is 0 Å². The van der Waals surface area contributed by atoms with E-state index >= 15 is 0 Å². The van der Waals surface area contributed by atoms with Crippen molar-refractivity contribution >= 4 is 0 Å². The predicted octanol–water partition coefficient (Wildman–Crippen LogP) is 2.90. The molecule has 2 aromatic rings. The normalized spacial score (nSPS) is 18.7. The van der Waals surface area contributed by atoms with Crippen LogP contribution >= 0.6 is 0 Å². The molecule has 1 heterocycles. The van der Waals surface area contributed by atoms with Gasteiger partial charge >= 0.3 is 0 Å². The average molecular weight is 296 g/mol. The Morgan fingerprint density at radius 1 is 1.18 bits per heavy atom. The maximum atomic E-state index is 9.64. The summed E-state index contributed by atoms with van der Waals surface area (Å²) in [7, 11) is 0. The lowest BCUT2D eigenvalue weighted by atomic mass is 9.87. The first-order chi connectivity index (χ1) is 10.9. The molecule has 2 N–H and O–H groups in total. The Hall–Kier alpha value is -1.71. The molecule has 0 amide bonds. The number of hydrogen-bond donors (Lipinski definition) is 2. The summed E-state index contributed by atoms with van der Waals surface area (Å²) in [5, 5.41) is 13.3. The molecular formula is C19H24N2O. The second kappa shape index (κ2) is 7.52. The molecule has 2 unspecified atom stereocenters. The summed E-state index contributed by atoms with van der Waals surface area (Å²) >= 11 is 0. The van der Waals surface area contributed by atoms with E-state index in [1.54, 1.807) is 0 Å². The highest BCUT2D eigenvalue weighted by molar-refractivity contribution is 5.32. The first-order valence-electron chi connectivity index (χ1n) is 8.19. The molecule has 1 aliphatic carbocycles. The number of nitrogens with one attached hydrogen (secondary N) is 1. The van der Waals surface area contributed by atoms with Crippen LogP contribution in [-0.2, 0) is 12.8 Å². The smallest absolute Gasteiger partial charge is 0.0475 e. The van der Waals surface area contributed by atoms with Gasteiger partial charge in [0.25, 0.3) is 0 Å². The van der Waals surface area contributed by atoms with E-state index in [4.69, 9.17) is 0 Å². The average Bonchev–Trinajstić information content (AvgIpc) is 2.59. The zero-order chi connectivity index (χ0) is 15.2. The summed E-state index contributed by atoms with van der Waals surface area (Å²) in [6.45, 7) is 1.02. The largest absolute Gasteiger partial charge is 0.396 e. The number of aliphatic hydroxyl groups excluding tert-OH is 1. The van der Waals surface area contributed by atoms with Crippen LogP contribution in [0.1, 0.15) is 35.7 Å². The molecule has 3 nitrogen and oxygen atoms in total. The van der Waals surface area contributed by atoms with Crippen molar-refractivity contribution in [2.75, 3.05) is 13.2 Å². The molecule has 1 aromatic heterocycles. The van der Waals surface area contributed by atoms with Crippen LogP contribution in [-0.4, -0.2) is 23.2 Å². The zero-order valence-electron chi connectivity index (χ0n) is 12.9. The highest BCUT2D eigenvalue weighted by Gasteiger charge is 2.20. The maximum Gasteiger partial charge on any atom is 0.0475 e. The summed E-state index contributed by atoms with van der Waals surface area (Å²) < 4.78 is 0. The van der Waals surface area contributed by atoms with Gasteiger partial charge < -0.3 is 10.4 Å². The Morgan fingerprint density at radius 3 is 2.86 bits per heavy atom. The van der Waals surface area contributed by atoms with Crippen molar-refractivity contribution in [2.24, 2.45) is 5.92 Å². The van der Waals surface area contributed by atoms with Crippen molar-refractivity contribution < 1.29 is 5.11 Å². The molecule has 0 radical (unpaired) electrons. The van der Waals surface area contributed by atoms with Crippen LogP contribution in [0.15, 0.2) is 48.7 Å². The summed E-state index contributed by atoms with van der Waals surface area (Å²) in [4.78, 5) is 4.36. The molecule has 116 valence electrons. The van der Waals surface area contributed by atoms with Crippen molar-refractivity contribution in [3.05, 3.63) is 65.5 Å². The number of rotatable bonds is 6. The fourth-order valence-corrected chi connectivity index (χ4v) is 3.29. The number of aromatic nitrogens is 1. The quantitative estimate of drug-likeness (QED) is 0.861. The van der Waals surface area contributed by atoms with E-state index in [9.17, 15) is 5.11 Å². The van der Waals surface area contributed by atoms with Gasteiger partial charge in [0.05, 0.1) is 0 Å². The molecule has 0 saturated heterocycles. The summed E-state index contributed by atoms with van der Waals surface area (Å²) in [6.07, 6.45) is 6.23. The minimum atomic E-state index is 0.192. The minimum absolute atomic E-state index is 0.192. The minimum Gasteiger partial charge on any atom is -0.396 e. The number of aliphatic hydroxyl groups is 1. The van der Waals surface area contributed by atoms with Crippen LogP contribution in [0, 0.1) is 5.92 Å². The molecule has 3 heteroatoms. The van der Waals surface area contributed by atoms with Crippen LogP contribution in [0.3, 0.4) is 0 Å². The van der Waals surface area contributed by atoms with E-state index in [0.717, 1.165) is 18.7 Å². The van der Waals surface area contributed by atoms with Gasteiger partial charge in [-0.2, -0.15) is 0 Å². The molecule has 0 fully saturated rings. The van der Waals surface area contributed by atoms with Crippen LogP contribution in [0.25, 0.3) is 0 Å². The number of nitrogens with zero attached hydrogens (tertiary/aromatic N) is 1. The fourth-order valence-electron chi connectivity index (χ4n) is 3.29. The van der Waals surface area contributed by atoms with Crippen molar-refractivity contribution in [1.82, 2.24) is 10.3 Å². The van der Waals surface area contributed by atoms with Crippen LogP contribution in [0.5, 0.6) is 0 Å². The lowest BCUT2D eigenvalue weighted by Crippen LogP contribution is -2.32.